The lowest BCUT2D eigenvalue weighted by Gasteiger charge is -2.28. The van der Waals surface area contributed by atoms with E-state index in [-0.39, 0.29) is 11.8 Å². The van der Waals surface area contributed by atoms with Crippen molar-refractivity contribution >= 4 is 5.78 Å². The average molecular weight is 307 g/mol. The van der Waals surface area contributed by atoms with Crippen LogP contribution in [-0.4, -0.2) is 16.7 Å². The van der Waals surface area contributed by atoms with Crippen LogP contribution in [0.3, 0.4) is 0 Å². The minimum absolute atomic E-state index is 0.148. The number of hydrogen-bond acceptors (Lipinski definition) is 2. The third-order valence-corrected chi connectivity index (χ3v) is 3.85. The maximum atomic E-state index is 12.5. The van der Waals surface area contributed by atoms with E-state index in [0.717, 1.165) is 18.7 Å². The third-order valence-electron chi connectivity index (χ3n) is 3.85. The van der Waals surface area contributed by atoms with Crippen molar-refractivity contribution in [3.63, 3.8) is 0 Å². The van der Waals surface area contributed by atoms with Crippen LogP contribution in [0.25, 0.3) is 0 Å². The molecule has 23 heavy (non-hydrogen) atoms. The lowest BCUT2D eigenvalue weighted by molar-refractivity contribution is -0.119. The van der Waals surface area contributed by atoms with Gasteiger partial charge in [-0.2, -0.15) is 0 Å². The standard InChI is InChI=1S/C21H25NO/c1-17(2)14-21(23)18(3)22(15-19-10-6-4-7-11-19)16-20-12-8-5-9-13-20/h4-14,18H,15-16H2,1-3H3. The molecule has 1 unspecified atom stereocenters. The highest BCUT2D eigenvalue weighted by Gasteiger charge is 2.20. The fourth-order valence-corrected chi connectivity index (χ4v) is 2.55. The van der Waals surface area contributed by atoms with Crippen LogP contribution in [0.4, 0.5) is 0 Å². The van der Waals surface area contributed by atoms with Crippen LogP contribution < -0.4 is 0 Å². The van der Waals surface area contributed by atoms with Gasteiger partial charge in [0, 0.05) is 13.1 Å². The van der Waals surface area contributed by atoms with Gasteiger partial charge >= 0.3 is 0 Å². The third kappa shape index (κ3) is 5.50. The van der Waals surface area contributed by atoms with Crippen molar-refractivity contribution in [2.45, 2.75) is 39.9 Å². The van der Waals surface area contributed by atoms with E-state index >= 15 is 0 Å². The van der Waals surface area contributed by atoms with Gasteiger partial charge in [0.2, 0.25) is 0 Å². The van der Waals surface area contributed by atoms with Gasteiger partial charge in [-0.1, -0.05) is 66.2 Å². The van der Waals surface area contributed by atoms with Crippen molar-refractivity contribution in [3.05, 3.63) is 83.4 Å². The molecule has 1 atom stereocenters. The first kappa shape index (κ1) is 17.2. The summed E-state index contributed by atoms with van der Waals surface area (Å²) in [4.78, 5) is 14.7. The van der Waals surface area contributed by atoms with Crippen LogP contribution >= 0.6 is 0 Å². The fourth-order valence-electron chi connectivity index (χ4n) is 2.55. The van der Waals surface area contributed by atoms with Gasteiger partial charge in [-0.15, -0.1) is 0 Å². The quantitative estimate of drug-likeness (QED) is 0.696. The second-order valence-electron chi connectivity index (χ2n) is 6.18. The summed E-state index contributed by atoms with van der Waals surface area (Å²) >= 11 is 0. The summed E-state index contributed by atoms with van der Waals surface area (Å²) in [5.41, 5.74) is 3.49. The molecule has 0 aliphatic carbocycles. The van der Waals surface area contributed by atoms with E-state index < -0.39 is 0 Å². The number of allylic oxidation sites excluding steroid dienone is 1. The molecule has 0 amide bonds. The summed E-state index contributed by atoms with van der Waals surface area (Å²) in [6.07, 6.45) is 1.74. The molecule has 0 bridgehead atoms. The van der Waals surface area contributed by atoms with Crippen LogP contribution in [-0.2, 0) is 17.9 Å². The molecule has 0 N–H and O–H groups in total. The van der Waals surface area contributed by atoms with Crippen LogP contribution in [0, 0.1) is 0 Å². The largest absolute Gasteiger partial charge is 0.293 e. The molecule has 2 aromatic carbocycles. The van der Waals surface area contributed by atoms with E-state index in [2.05, 4.69) is 29.2 Å². The highest BCUT2D eigenvalue weighted by Crippen LogP contribution is 2.14. The maximum Gasteiger partial charge on any atom is 0.172 e. The Kier molecular flexibility index (Phi) is 6.30. The molecule has 0 aromatic heterocycles. The Morgan fingerprint density at radius 3 is 1.74 bits per heavy atom. The van der Waals surface area contributed by atoms with E-state index in [0.29, 0.717) is 0 Å². The molecule has 2 nitrogen and oxygen atoms in total. The summed E-state index contributed by atoms with van der Waals surface area (Å²) in [5, 5.41) is 0. The SMILES string of the molecule is CC(C)=CC(=O)C(C)N(Cc1ccccc1)Cc1ccccc1. The highest BCUT2D eigenvalue weighted by atomic mass is 16.1. The second-order valence-corrected chi connectivity index (χ2v) is 6.18. The Labute approximate surface area is 139 Å². The van der Waals surface area contributed by atoms with Crippen molar-refractivity contribution in [1.82, 2.24) is 4.90 Å². The minimum Gasteiger partial charge on any atom is -0.293 e. The summed E-state index contributed by atoms with van der Waals surface area (Å²) in [5.74, 6) is 0.164. The van der Waals surface area contributed by atoms with E-state index in [1.165, 1.54) is 11.1 Å². The predicted molar refractivity (Wildman–Crippen MR) is 96.0 cm³/mol. The lowest BCUT2D eigenvalue weighted by atomic mass is 10.1. The monoisotopic (exact) mass is 307 g/mol. The first-order valence-corrected chi connectivity index (χ1v) is 8.07. The number of benzene rings is 2. The van der Waals surface area contributed by atoms with Gasteiger partial charge in [0.15, 0.2) is 5.78 Å². The molecule has 2 aromatic rings. The molecule has 0 saturated heterocycles. The molecule has 0 saturated carbocycles. The van der Waals surface area contributed by atoms with Crippen LogP contribution in [0.5, 0.6) is 0 Å². The zero-order valence-electron chi connectivity index (χ0n) is 14.2. The Balaban J connectivity index is 2.20. The van der Waals surface area contributed by atoms with E-state index in [9.17, 15) is 4.79 Å². The Hall–Kier alpha value is -2.19. The molecule has 120 valence electrons. The average Bonchev–Trinajstić information content (AvgIpc) is 2.55. The number of carbonyl (C=O) groups excluding carboxylic acids is 1. The molecule has 0 radical (unpaired) electrons. The second kappa shape index (κ2) is 8.44. The summed E-state index contributed by atoms with van der Waals surface area (Å²) < 4.78 is 0. The van der Waals surface area contributed by atoms with Gasteiger partial charge in [0.25, 0.3) is 0 Å². The zero-order chi connectivity index (χ0) is 16.7. The number of rotatable bonds is 7. The van der Waals surface area contributed by atoms with E-state index in [4.69, 9.17) is 0 Å². The van der Waals surface area contributed by atoms with Gasteiger partial charge in [-0.05, 0) is 38.0 Å². The van der Waals surface area contributed by atoms with Crippen LogP contribution in [0.1, 0.15) is 31.9 Å². The van der Waals surface area contributed by atoms with Gasteiger partial charge in [0.1, 0.15) is 0 Å². The molecule has 2 rings (SSSR count). The molecular formula is C21H25NO. The summed E-state index contributed by atoms with van der Waals surface area (Å²) in [6, 6.07) is 20.5. The summed E-state index contributed by atoms with van der Waals surface area (Å²) in [7, 11) is 0. The Bertz CT molecular complexity index is 601. The fraction of sp³-hybridized carbons (Fsp3) is 0.286. The zero-order valence-corrected chi connectivity index (χ0v) is 14.2. The van der Waals surface area contributed by atoms with Crippen molar-refractivity contribution in [2.75, 3.05) is 0 Å². The molecule has 0 aliphatic heterocycles. The Morgan fingerprint density at radius 2 is 1.35 bits per heavy atom. The van der Waals surface area contributed by atoms with E-state index in [1.54, 1.807) is 6.08 Å². The predicted octanol–water partition coefficient (Wildman–Crippen LogP) is 4.61. The van der Waals surface area contributed by atoms with Gasteiger partial charge in [-0.25, -0.2) is 0 Å². The maximum absolute atomic E-state index is 12.5. The topological polar surface area (TPSA) is 20.3 Å². The molecule has 0 fully saturated rings. The number of ketones is 1. The first-order valence-electron chi connectivity index (χ1n) is 8.07. The molecule has 0 aliphatic rings. The smallest absolute Gasteiger partial charge is 0.172 e. The van der Waals surface area contributed by atoms with Crippen molar-refractivity contribution < 1.29 is 4.79 Å². The molecule has 2 heteroatoms. The number of carbonyl (C=O) groups is 1. The first-order chi connectivity index (χ1) is 11.1. The Morgan fingerprint density at radius 1 is 0.913 bits per heavy atom. The van der Waals surface area contributed by atoms with Crippen LogP contribution in [0.15, 0.2) is 72.3 Å². The number of nitrogens with zero attached hydrogens (tertiary/aromatic N) is 1. The van der Waals surface area contributed by atoms with Gasteiger partial charge in [0.05, 0.1) is 6.04 Å². The van der Waals surface area contributed by atoms with Crippen molar-refractivity contribution in [2.24, 2.45) is 0 Å². The molecular weight excluding hydrogens is 282 g/mol. The van der Waals surface area contributed by atoms with Crippen molar-refractivity contribution in [3.8, 4) is 0 Å². The van der Waals surface area contributed by atoms with E-state index in [1.807, 2.05) is 57.2 Å². The minimum atomic E-state index is -0.148. The van der Waals surface area contributed by atoms with Gasteiger partial charge in [-0.3, -0.25) is 9.69 Å². The molecule has 0 heterocycles. The van der Waals surface area contributed by atoms with Crippen molar-refractivity contribution in [1.29, 1.82) is 0 Å². The van der Waals surface area contributed by atoms with Crippen LogP contribution in [0.2, 0.25) is 0 Å². The normalized spacial score (nSPS) is 12.0. The lowest BCUT2D eigenvalue weighted by Crippen LogP contribution is -2.37. The summed E-state index contributed by atoms with van der Waals surface area (Å²) in [6.45, 7) is 7.44. The number of hydrogen-bond donors (Lipinski definition) is 0. The highest BCUT2D eigenvalue weighted by molar-refractivity contribution is 5.94. The van der Waals surface area contributed by atoms with Gasteiger partial charge < -0.3 is 0 Å². The molecule has 0 spiro atoms.